The van der Waals surface area contributed by atoms with Gasteiger partial charge in [-0.15, -0.1) is 0 Å². The molecule has 0 aliphatic carbocycles. The molecule has 1 saturated heterocycles. The van der Waals surface area contributed by atoms with Crippen molar-refractivity contribution in [3.63, 3.8) is 0 Å². The molecule has 1 aliphatic rings. The van der Waals surface area contributed by atoms with Crippen LogP contribution in [-0.2, 0) is 11.2 Å². The minimum atomic E-state index is -0.180. The summed E-state index contributed by atoms with van der Waals surface area (Å²) >= 11 is 0. The molecule has 2 nitrogen and oxygen atoms in total. The fraction of sp³-hybridized carbons (Fsp3) is 0.500. The molecule has 0 saturated carbocycles. The summed E-state index contributed by atoms with van der Waals surface area (Å²) < 4.78 is 18.2. The number of halogens is 1. The Balaban J connectivity index is 1.89. The topological polar surface area (TPSA) is 21.3 Å². The summed E-state index contributed by atoms with van der Waals surface area (Å²) in [5, 5.41) is 3.41. The standard InChI is InChI=1S/C12H16FNO/c1-9-7-14-12(8-15-9)6-10-2-4-11(13)5-3-10/h2-5,9,12,14H,6-8H2,1H3. The van der Waals surface area contributed by atoms with E-state index in [1.807, 2.05) is 12.1 Å². The molecule has 0 aromatic heterocycles. The Bertz CT molecular complexity index is 304. The van der Waals surface area contributed by atoms with Crippen LogP contribution in [0.1, 0.15) is 12.5 Å². The molecule has 1 aliphatic heterocycles. The lowest BCUT2D eigenvalue weighted by Crippen LogP contribution is -2.46. The third-order valence-electron chi connectivity index (χ3n) is 2.67. The van der Waals surface area contributed by atoms with Crippen molar-refractivity contribution in [1.82, 2.24) is 5.32 Å². The highest BCUT2D eigenvalue weighted by Crippen LogP contribution is 2.09. The predicted molar refractivity (Wildman–Crippen MR) is 57.3 cm³/mol. The molecule has 2 atom stereocenters. The molecule has 1 fully saturated rings. The fourth-order valence-electron chi connectivity index (χ4n) is 1.77. The third-order valence-corrected chi connectivity index (χ3v) is 2.67. The van der Waals surface area contributed by atoms with Gasteiger partial charge in [0.05, 0.1) is 12.7 Å². The lowest BCUT2D eigenvalue weighted by molar-refractivity contribution is 0.0155. The van der Waals surface area contributed by atoms with E-state index in [0.717, 1.165) is 25.1 Å². The van der Waals surface area contributed by atoms with Gasteiger partial charge in [-0.05, 0) is 31.0 Å². The van der Waals surface area contributed by atoms with Crippen LogP contribution in [0.4, 0.5) is 4.39 Å². The van der Waals surface area contributed by atoms with E-state index in [-0.39, 0.29) is 5.82 Å². The Kier molecular flexibility index (Phi) is 3.34. The molecule has 1 aromatic carbocycles. The highest BCUT2D eigenvalue weighted by atomic mass is 19.1. The predicted octanol–water partition coefficient (Wildman–Crippen LogP) is 1.75. The molecule has 2 unspecified atom stereocenters. The van der Waals surface area contributed by atoms with E-state index in [4.69, 9.17) is 4.74 Å². The van der Waals surface area contributed by atoms with Crippen LogP contribution < -0.4 is 5.32 Å². The molecular formula is C12H16FNO. The second-order valence-electron chi connectivity index (χ2n) is 4.08. The number of hydrogen-bond donors (Lipinski definition) is 1. The third kappa shape index (κ3) is 3.01. The smallest absolute Gasteiger partial charge is 0.123 e. The maximum absolute atomic E-state index is 12.7. The van der Waals surface area contributed by atoms with Crippen LogP contribution in [-0.4, -0.2) is 25.3 Å². The number of nitrogens with one attached hydrogen (secondary N) is 1. The van der Waals surface area contributed by atoms with Gasteiger partial charge < -0.3 is 10.1 Å². The first-order valence-corrected chi connectivity index (χ1v) is 5.33. The van der Waals surface area contributed by atoms with Crippen molar-refractivity contribution in [3.05, 3.63) is 35.6 Å². The molecule has 1 N–H and O–H groups in total. The second-order valence-corrected chi connectivity index (χ2v) is 4.08. The molecule has 0 spiro atoms. The molecule has 2 rings (SSSR count). The Morgan fingerprint density at radius 1 is 1.40 bits per heavy atom. The van der Waals surface area contributed by atoms with E-state index < -0.39 is 0 Å². The van der Waals surface area contributed by atoms with Crippen molar-refractivity contribution >= 4 is 0 Å². The van der Waals surface area contributed by atoms with Crippen LogP contribution >= 0.6 is 0 Å². The Morgan fingerprint density at radius 3 is 2.73 bits per heavy atom. The minimum Gasteiger partial charge on any atom is -0.376 e. The number of morpholine rings is 1. The van der Waals surface area contributed by atoms with Gasteiger partial charge in [0, 0.05) is 12.6 Å². The van der Waals surface area contributed by atoms with Crippen LogP contribution in [0.25, 0.3) is 0 Å². The van der Waals surface area contributed by atoms with Crippen LogP contribution in [0.15, 0.2) is 24.3 Å². The summed E-state index contributed by atoms with van der Waals surface area (Å²) in [5.41, 5.74) is 1.15. The summed E-state index contributed by atoms with van der Waals surface area (Å²) in [5.74, 6) is -0.180. The zero-order chi connectivity index (χ0) is 10.7. The van der Waals surface area contributed by atoms with Crippen molar-refractivity contribution in [3.8, 4) is 0 Å². The Hall–Kier alpha value is -0.930. The largest absolute Gasteiger partial charge is 0.376 e. The van der Waals surface area contributed by atoms with Crippen molar-refractivity contribution in [2.45, 2.75) is 25.5 Å². The van der Waals surface area contributed by atoms with Crippen molar-refractivity contribution in [2.24, 2.45) is 0 Å². The van der Waals surface area contributed by atoms with Gasteiger partial charge in [0.15, 0.2) is 0 Å². The maximum Gasteiger partial charge on any atom is 0.123 e. The van der Waals surface area contributed by atoms with Gasteiger partial charge in [-0.2, -0.15) is 0 Å². The summed E-state index contributed by atoms with van der Waals surface area (Å²) in [6.07, 6.45) is 1.20. The van der Waals surface area contributed by atoms with E-state index in [1.54, 1.807) is 0 Å². The zero-order valence-corrected chi connectivity index (χ0v) is 8.87. The van der Waals surface area contributed by atoms with Crippen molar-refractivity contribution < 1.29 is 9.13 Å². The fourth-order valence-corrected chi connectivity index (χ4v) is 1.77. The van der Waals surface area contributed by atoms with Gasteiger partial charge in [0.2, 0.25) is 0 Å². The summed E-state index contributed by atoms with van der Waals surface area (Å²) in [6, 6.07) is 7.01. The highest BCUT2D eigenvalue weighted by molar-refractivity contribution is 5.17. The monoisotopic (exact) mass is 209 g/mol. The van der Waals surface area contributed by atoms with Gasteiger partial charge in [0.1, 0.15) is 5.82 Å². The molecule has 1 aromatic rings. The Labute approximate surface area is 89.4 Å². The van der Waals surface area contributed by atoms with Crippen LogP contribution in [0, 0.1) is 5.82 Å². The molecule has 0 radical (unpaired) electrons. The lowest BCUT2D eigenvalue weighted by Gasteiger charge is -2.28. The van der Waals surface area contributed by atoms with Crippen LogP contribution in [0.2, 0.25) is 0 Å². The van der Waals surface area contributed by atoms with Crippen LogP contribution in [0.3, 0.4) is 0 Å². The summed E-state index contributed by atoms with van der Waals surface area (Å²) in [6.45, 7) is 3.69. The summed E-state index contributed by atoms with van der Waals surface area (Å²) in [4.78, 5) is 0. The minimum absolute atomic E-state index is 0.180. The van der Waals surface area contributed by atoms with Crippen molar-refractivity contribution in [1.29, 1.82) is 0 Å². The number of benzene rings is 1. The lowest BCUT2D eigenvalue weighted by atomic mass is 10.1. The quantitative estimate of drug-likeness (QED) is 0.801. The average Bonchev–Trinajstić information content (AvgIpc) is 2.25. The first-order chi connectivity index (χ1) is 7.24. The van der Waals surface area contributed by atoms with E-state index in [9.17, 15) is 4.39 Å². The Morgan fingerprint density at radius 2 is 2.13 bits per heavy atom. The number of ether oxygens (including phenoxy) is 1. The number of rotatable bonds is 2. The maximum atomic E-state index is 12.7. The van der Waals surface area contributed by atoms with Gasteiger partial charge in [0.25, 0.3) is 0 Å². The average molecular weight is 209 g/mol. The van der Waals surface area contributed by atoms with Gasteiger partial charge in [-0.1, -0.05) is 12.1 Å². The van der Waals surface area contributed by atoms with E-state index in [2.05, 4.69) is 12.2 Å². The molecular weight excluding hydrogens is 193 g/mol. The molecule has 3 heteroatoms. The zero-order valence-electron chi connectivity index (χ0n) is 8.87. The first-order valence-electron chi connectivity index (χ1n) is 5.33. The molecule has 82 valence electrons. The second kappa shape index (κ2) is 4.73. The van der Waals surface area contributed by atoms with Gasteiger partial charge in [-0.25, -0.2) is 4.39 Å². The van der Waals surface area contributed by atoms with Gasteiger partial charge >= 0.3 is 0 Å². The molecule has 1 heterocycles. The first kappa shape index (κ1) is 10.6. The molecule has 15 heavy (non-hydrogen) atoms. The number of hydrogen-bond acceptors (Lipinski definition) is 2. The van der Waals surface area contributed by atoms with Gasteiger partial charge in [-0.3, -0.25) is 0 Å². The highest BCUT2D eigenvalue weighted by Gasteiger charge is 2.17. The van der Waals surface area contributed by atoms with E-state index in [1.165, 1.54) is 12.1 Å². The summed E-state index contributed by atoms with van der Waals surface area (Å²) in [7, 11) is 0. The molecule has 0 bridgehead atoms. The van der Waals surface area contributed by atoms with E-state index in [0.29, 0.717) is 12.1 Å². The van der Waals surface area contributed by atoms with E-state index >= 15 is 0 Å². The van der Waals surface area contributed by atoms with Crippen molar-refractivity contribution in [2.75, 3.05) is 13.2 Å². The normalized spacial score (nSPS) is 26.5. The molecule has 0 amide bonds. The SMILES string of the molecule is CC1CNC(Cc2ccc(F)cc2)CO1. The van der Waals surface area contributed by atoms with Crippen LogP contribution in [0.5, 0.6) is 0 Å².